The number of nitriles is 2. The number of hydrogen-bond donors (Lipinski definition) is 2. The molecule has 3 rings (SSSR count). The number of aryl methyl sites for hydroxylation is 2. The zero-order valence-electron chi connectivity index (χ0n) is 13.0. The van der Waals surface area contributed by atoms with E-state index >= 15 is 0 Å². The van der Waals surface area contributed by atoms with Crippen LogP contribution in [0.4, 0.5) is 5.82 Å². The molecule has 0 spiro atoms. The van der Waals surface area contributed by atoms with Crippen LogP contribution in [0, 0.1) is 22.7 Å². The van der Waals surface area contributed by atoms with Crippen LogP contribution < -0.4 is 11.5 Å². The van der Waals surface area contributed by atoms with Gasteiger partial charge in [0.15, 0.2) is 0 Å². The number of aromatic nitrogens is 2. The minimum absolute atomic E-state index is 0.0573. The average Bonchev–Trinajstić information content (AvgIpc) is 2.97. The summed E-state index contributed by atoms with van der Waals surface area (Å²) >= 11 is 0. The average molecular weight is 306 g/mol. The predicted molar refractivity (Wildman–Crippen MR) is 87.2 cm³/mol. The monoisotopic (exact) mass is 306 g/mol. The Kier molecular flexibility index (Phi) is 3.77. The number of nitrogen functional groups attached to an aromatic ring is 1. The minimum atomic E-state index is 0.0573. The van der Waals surface area contributed by atoms with Gasteiger partial charge in [0.05, 0.1) is 0 Å². The Balaban J connectivity index is 2.30. The number of anilines is 1. The van der Waals surface area contributed by atoms with E-state index in [0.29, 0.717) is 24.2 Å². The summed E-state index contributed by atoms with van der Waals surface area (Å²) in [5, 5.41) is 18.8. The quantitative estimate of drug-likeness (QED) is 0.875. The third-order valence-corrected chi connectivity index (χ3v) is 4.38. The van der Waals surface area contributed by atoms with Crippen molar-refractivity contribution in [3.8, 4) is 23.3 Å². The topological polar surface area (TPSA) is 117 Å². The first-order valence-electron chi connectivity index (χ1n) is 7.66. The summed E-state index contributed by atoms with van der Waals surface area (Å²) in [5.74, 6) is 0.250. The Morgan fingerprint density at radius 3 is 2.78 bits per heavy atom. The van der Waals surface area contributed by atoms with Crippen LogP contribution in [-0.4, -0.2) is 15.6 Å². The van der Waals surface area contributed by atoms with Crippen molar-refractivity contribution in [2.24, 2.45) is 5.73 Å². The SMILES string of the molecule is CCn1cc(-c2c(C#N)c(N)nc3c2C[C@H](N)CC3)cc1C#N. The summed E-state index contributed by atoms with van der Waals surface area (Å²) in [6, 6.07) is 6.22. The standard InChI is InChI=1S/C17H18N6/c1-2-23-9-10(5-12(23)7-18)16-13-6-11(20)3-4-15(13)22-17(21)14(16)8-19/h5,9,11H,2-4,6,20H2,1H3,(H2,21,22)/t11-/m1/s1. The third-order valence-electron chi connectivity index (χ3n) is 4.38. The molecule has 2 aromatic rings. The molecule has 0 saturated heterocycles. The van der Waals surface area contributed by atoms with Crippen molar-refractivity contribution >= 4 is 5.82 Å². The highest BCUT2D eigenvalue weighted by Crippen LogP contribution is 2.36. The summed E-state index contributed by atoms with van der Waals surface area (Å²) in [5.41, 5.74) is 16.6. The van der Waals surface area contributed by atoms with E-state index in [1.807, 2.05) is 17.7 Å². The summed E-state index contributed by atoms with van der Waals surface area (Å²) in [4.78, 5) is 4.40. The first kappa shape index (κ1) is 15.1. The first-order chi connectivity index (χ1) is 11.1. The molecule has 0 amide bonds. The number of fused-ring (bicyclic) bond motifs is 1. The van der Waals surface area contributed by atoms with Gasteiger partial charge in [-0.15, -0.1) is 0 Å². The number of nitrogens with two attached hydrogens (primary N) is 2. The molecular formula is C17H18N6. The molecule has 0 unspecified atom stereocenters. The van der Waals surface area contributed by atoms with Crippen molar-refractivity contribution in [1.82, 2.24) is 9.55 Å². The molecule has 2 heterocycles. The molecule has 116 valence electrons. The maximum absolute atomic E-state index is 9.55. The van der Waals surface area contributed by atoms with Crippen molar-refractivity contribution in [2.75, 3.05) is 5.73 Å². The Hall–Kier alpha value is -2.83. The molecule has 0 fully saturated rings. The van der Waals surface area contributed by atoms with Gasteiger partial charge in [-0.3, -0.25) is 0 Å². The lowest BCUT2D eigenvalue weighted by Crippen LogP contribution is -2.29. The molecule has 0 aliphatic heterocycles. The Morgan fingerprint density at radius 2 is 2.17 bits per heavy atom. The molecule has 23 heavy (non-hydrogen) atoms. The summed E-state index contributed by atoms with van der Waals surface area (Å²) in [6.07, 6.45) is 4.20. The normalized spacial score (nSPS) is 16.4. The van der Waals surface area contributed by atoms with Crippen LogP contribution >= 0.6 is 0 Å². The second kappa shape index (κ2) is 5.75. The Bertz CT molecular complexity index is 849. The number of pyridine rings is 1. The van der Waals surface area contributed by atoms with Crippen LogP contribution in [0.25, 0.3) is 11.1 Å². The second-order valence-corrected chi connectivity index (χ2v) is 5.80. The second-order valence-electron chi connectivity index (χ2n) is 5.80. The van der Waals surface area contributed by atoms with Crippen LogP contribution in [-0.2, 0) is 19.4 Å². The maximum Gasteiger partial charge on any atom is 0.142 e. The molecule has 0 saturated carbocycles. The van der Waals surface area contributed by atoms with Crippen molar-refractivity contribution in [3.05, 3.63) is 34.8 Å². The van der Waals surface area contributed by atoms with Crippen molar-refractivity contribution in [3.63, 3.8) is 0 Å². The van der Waals surface area contributed by atoms with E-state index in [0.717, 1.165) is 35.2 Å². The maximum atomic E-state index is 9.55. The highest BCUT2D eigenvalue weighted by atomic mass is 15.0. The van der Waals surface area contributed by atoms with Gasteiger partial charge in [0.2, 0.25) is 0 Å². The molecule has 0 bridgehead atoms. The van der Waals surface area contributed by atoms with Gasteiger partial charge in [-0.1, -0.05) is 0 Å². The predicted octanol–water partition coefficient (Wildman–Crippen LogP) is 1.71. The van der Waals surface area contributed by atoms with Crippen LogP contribution in [0.1, 0.15) is 35.9 Å². The van der Waals surface area contributed by atoms with E-state index in [-0.39, 0.29) is 11.9 Å². The highest BCUT2D eigenvalue weighted by molar-refractivity contribution is 5.80. The zero-order valence-corrected chi connectivity index (χ0v) is 13.0. The van der Waals surface area contributed by atoms with Crippen LogP contribution in [0.15, 0.2) is 12.3 Å². The van der Waals surface area contributed by atoms with Gasteiger partial charge in [0.1, 0.15) is 29.2 Å². The lowest BCUT2D eigenvalue weighted by atomic mass is 9.85. The number of rotatable bonds is 2. The lowest BCUT2D eigenvalue weighted by molar-refractivity contribution is 0.568. The van der Waals surface area contributed by atoms with Crippen LogP contribution in [0.2, 0.25) is 0 Å². The van der Waals surface area contributed by atoms with E-state index < -0.39 is 0 Å². The molecule has 6 nitrogen and oxygen atoms in total. The van der Waals surface area contributed by atoms with Crippen LogP contribution in [0.3, 0.4) is 0 Å². The molecule has 0 radical (unpaired) electrons. The molecular weight excluding hydrogens is 288 g/mol. The molecule has 1 aliphatic rings. The third kappa shape index (κ3) is 2.44. The molecule has 1 aliphatic carbocycles. The highest BCUT2D eigenvalue weighted by Gasteiger charge is 2.25. The molecule has 1 atom stereocenters. The Morgan fingerprint density at radius 1 is 1.39 bits per heavy atom. The molecule has 6 heteroatoms. The Labute approximate surface area is 135 Å². The van der Waals surface area contributed by atoms with Crippen LogP contribution in [0.5, 0.6) is 0 Å². The van der Waals surface area contributed by atoms with Gasteiger partial charge < -0.3 is 16.0 Å². The van der Waals surface area contributed by atoms with Gasteiger partial charge >= 0.3 is 0 Å². The van der Waals surface area contributed by atoms with Gasteiger partial charge in [-0.05, 0) is 37.8 Å². The van der Waals surface area contributed by atoms with E-state index in [2.05, 4.69) is 17.1 Å². The van der Waals surface area contributed by atoms with Crippen molar-refractivity contribution < 1.29 is 0 Å². The van der Waals surface area contributed by atoms with E-state index in [1.54, 1.807) is 6.07 Å². The van der Waals surface area contributed by atoms with Gasteiger partial charge in [-0.25, -0.2) is 4.98 Å². The molecule has 0 aromatic carbocycles. The fourth-order valence-electron chi connectivity index (χ4n) is 3.24. The van der Waals surface area contributed by atoms with Gasteiger partial charge in [-0.2, -0.15) is 10.5 Å². The fourth-order valence-corrected chi connectivity index (χ4v) is 3.24. The zero-order chi connectivity index (χ0) is 16.6. The lowest BCUT2D eigenvalue weighted by Gasteiger charge is -2.24. The van der Waals surface area contributed by atoms with Crippen molar-refractivity contribution in [1.29, 1.82) is 10.5 Å². The van der Waals surface area contributed by atoms with Crippen molar-refractivity contribution in [2.45, 2.75) is 38.8 Å². The molecule has 2 aromatic heterocycles. The van der Waals surface area contributed by atoms with Gasteiger partial charge in [0, 0.05) is 35.6 Å². The minimum Gasteiger partial charge on any atom is -0.383 e. The summed E-state index contributed by atoms with van der Waals surface area (Å²) < 4.78 is 1.86. The number of nitrogens with zero attached hydrogens (tertiary/aromatic N) is 4. The summed E-state index contributed by atoms with van der Waals surface area (Å²) in [7, 11) is 0. The number of hydrogen-bond acceptors (Lipinski definition) is 5. The van der Waals surface area contributed by atoms with E-state index in [1.165, 1.54) is 0 Å². The largest absolute Gasteiger partial charge is 0.383 e. The smallest absolute Gasteiger partial charge is 0.142 e. The van der Waals surface area contributed by atoms with Gasteiger partial charge in [0.25, 0.3) is 0 Å². The molecule has 4 N–H and O–H groups in total. The first-order valence-corrected chi connectivity index (χ1v) is 7.66. The van der Waals surface area contributed by atoms with E-state index in [4.69, 9.17) is 11.5 Å². The van der Waals surface area contributed by atoms with E-state index in [9.17, 15) is 10.5 Å². The summed E-state index contributed by atoms with van der Waals surface area (Å²) in [6.45, 7) is 2.66. The fraction of sp³-hybridized carbons (Fsp3) is 0.353.